The molecule has 5 heteroatoms. The number of aryl methyl sites for hydroxylation is 1. The number of ether oxygens (including phenoxy) is 1. The van der Waals surface area contributed by atoms with Gasteiger partial charge in [-0.1, -0.05) is 24.3 Å². The van der Waals surface area contributed by atoms with Gasteiger partial charge in [-0.15, -0.1) is 0 Å². The number of nitrogens with zero attached hydrogens (tertiary/aromatic N) is 1. The molecule has 18 heavy (non-hydrogen) atoms. The SMILES string of the molecule is Cc1ccccc1C(=O)CN1C(=O)COCC1=O. The fraction of sp³-hybridized carbons (Fsp3) is 0.308. The number of ketones is 1. The number of hydrogen-bond donors (Lipinski definition) is 0. The minimum absolute atomic E-state index is 0.146. The van der Waals surface area contributed by atoms with Gasteiger partial charge in [0.25, 0.3) is 11.8 Å². The van der Waals surface area contributed by atoms with Crippen LogP contribution in [0.4, 0.5) is 0 Å². The third-order valence-electron chi connectivity index (χ3n) is 2.80. The lowest BCUT2D eigenvalue weighted by Crippen LogP contribution is -2.48. The normalized spacial score (nSPS) is 15.9. The second kappa shape index (κ2) is 5.10. The van der Waals surface area contributed by atoms with E-state index in [0.717, 1.165) is 10.5 Å². The van der Waals surface area contributed by atoms with Gasteiger partial charge in [0.15, 0.2) is 5.78 Å². The number of hydrogen-bond acceptors (Lipinski definition) is 4. The quantitative estimate of drug-likeness (QED) is 0.578. The minimum atomic E-state index is -0.465. The number of morpholine rings is 1. The van der Waals surface area contributed by atoms with Crippen LogP contribution in [0.3, 0.4) is 0 Å². The third kappa shape index (κ3) is 2.46. The van der Waals surface area contributed by atoms with Crippen molar-refractivity contribution in [3.8, 4) is 0 Å². The molecule has 1 heterocycles. The van der Waals surface area contributed by atoms with Crippen LogP contribution in [-0.2, 0) is 14.3 Å². The van der Waals surface area contributed by atoms with E-state index in [1.54, 1.807) is 12.1 Å². The fourth-order valence-electron chi connectivity index (χ4n) is 1.81. The van der Waals surface area contributed by atoms with Crippen molar-refractivity contribution in [2.45, 2.75) is 6.92 Å². The number of carbonyl (C=O) groups excluding carboxylic acids is 3. The molecule has 5 nitrogen and oxygen atoms in total. The zero-order chi connectivity index (χ0) is 13.1. The molecule has 2 amide bonds. The topological polar surface area (TPSA) is 63.7 Å². The highest BCUT2D eigenvalue weighted by Gasteiger charge is 2.28. The Hall–Kier alpha value is -2.01. The summed E-state index contributed by atoms with van der Waals surface area (Å²) in [4.78, 5) is 36.0. The molecule has 0 aliphatic carbocycles. The number of Topliss-reactive ketones (excluding diaryl/α,β-unsaturated/α-hetero) is 1. The Kier molecular flexibility index (Phi) is 3.53. The summed E-state index contributed by atoms with van der Waals surface area (Å²) in [6.45, 7) is 1.31. The van der Waals surface area contributed by atoms with E-state index in [0.29, 0.717) is 5.56 Å². The molecular formula is C13H13NO4. The van der Waals surface area contributed by atoms with Crippen LogP contribution in [-0.4, -0.2) is 42.3 Å². The van der Waals surface area contributed by atoms with Gasteiger partial charge in [0.1, 0.15) is 13.2 Å². The highest BCUT2D eigenvalue weighted by molar-refractivity contribution is 6.06. The van der Waals surface area contributed by atoms with Crippen LogP contribution in [0.5, 0.6) is 0 Å². The Morgan fingerprint density at radius 3 is 2.44 bits per heavy atom. The maximum Gasteiger partial charge on any atom is 0.255 e. The van der Waals surface area contributed by atoms with Crippen molar-refractivity contribution in [2.75, 3.05) is 19.8 Å². The first-order chi connectivity index (χ1) is 8.59. The summed E-state index contributed by atoms with van der Waals surface area (Å²) >= 11 is 0. The molecule has 0 saturated carbocycles. The molecule has 1 aliphatic rings. The van der Waals surface area contributed by atoms with Crippen LogP contribution < -0.4 is 0 Å². The van der Waals surface area contributed by atoms with Crippen LogP contribution in [0, 0.1) is 6.92 Å². The second-order valence-corrected chi connectivity index (χ2v) is 4.10. The molecule has 0 radical (unpaired) electrons. The molecule has 0 unspecified atom stereocenters. The van der Waals surface area contributed by atoms with Crippen molar-refractivity contribution in [3.63, 3.8) is 0 Å². The zero-order valence-corrected chi connectivity index (χ0v) is 10.0. The largest absolute Gasteiger partial charge is 0.362 e. The van der Waals surface area contributed by atoms with Crippen molar-refractivity contribution in [1.82, 2.24) is 4.90 Å². The predicted octanol–water partition coefficient (Wildman–Crippen LogP) is 0.563. The van der Waals surface area contributed by atoms with Gasteiger partial charge in [0.2, 0.25) is 0 Å². The lowest BCUT2D eigenvalue weighted by atomic mass is 10.0. The summed E-state index contributed by atoms with van der Waals surface area (Å²) in [6.07, 6.45) is 0. The molecule has 0 N–H and O–H groups in total. The van der Waals surface area contributed by atoms with Gasteiger partial charge in [-0.3, -0.25) is 19.3 Å². The highest BCUT2D eigenvalue weighted by Crippen LogP contribution is 2.10. The molecule has 0 atom stereocenters. The van der Waals surface area contributed by atoms with E-state index >= 15 is 0 Å². The summed E-state index contributed by atoms with van der Waals surface area (Å²) in [6, 6.07) is 7.09. The summed E-state index contributed by atoms with van der Waals surface area (Å²) in [5.74, 6) is -1.17. The van der Waals surface area contributed by atoms with Crippen molar-refractivity contribution in [2.24, 2.45) is 0 Å². The van der Waals surface area contributed by atoms with Crippen molar-refractivity contribution in [1.29, 1.82) is 0 Å². The summed E-state index contributed by atoms with van der Waals surface area (Å²) in [5, 5.41) is 0. The molecule has 1 aromatic rings. The third-order valence-corrected chi connectivity index (χ3v) is 2.80. The summed E-state index contributed by atoms with van der Waals surface area (Å²) < 4.78 is 4.78. The summed E-state index contributed by atoms with van der Waals surface area (Å²) in [5.41, 5.74) is 1.36. The molecule has 1 fully saturated rings. The smallest absolute Gasteiger partial charge is 0.255 e. The second-order valence-electron chi connectivity index (χ2n) is 4.10. The minimum Gasteiger partial charge on any atom is -0.362 e. The van der Waals surface area contributed by atoms with Gasteiger partial charge >= 0.3 is 0 Å². The molecule has 1 aliphatic heterocycles. The lowest BCUT2D eigenvalue weighted by Gasteiger charge is -2.24. The average Bonchev–Trinajstić information content (AvgIpc) is 2.34. The first-order valence-corrected chi connectivity index (χ1v) is 5.59. The van der Waals surface area contributed by atoms with Crippen LogP contribution in [0.25, 0.3) is 0 Å². The van der Waals surface area contributed by atoms with E-state index in [9.17, 15) is 14.4 Å². The van der Waals surface area contributed by atoms with Gasteiger partial charge in [0.05, 0.1) is 6.54 Å². The van der Waals surface area contributed by atoms with E-state index in [4.69, 9.17) is 4.74 Å². The Labute approximate surface area is 104 Å². The van der Waals surface area contributed by atoms with Crippen molar-refractivity contribution < 1.29 is 19.1 Å². The number of rotatable bonds is 3. The Bertz CT molecular complexity index is 493. The number of amides is 2. The predicted molar refractivity (Wildman–Crippen MR) is 63.0 cm³/mol. The highest BCUT2D eigenvalue weighted by atomic mass is 16.5. The number of benzene rings is 1. The Balaban J connectivity index is 2.14. The van der Waals surface area contributed by atoms with Gasteiger partial charge in [-0.25, -0.2) is 0 Å². The molecule has 2 rings (SSSR count). The molecular weight excluding hydrogens is 234 g/mol. The van der Waals surface area contributed by atoms with Crippen molar-refractivity contribution in [3.05, 3.63) is 35.4 Å². The Morgan fingerprint density at radius 2 is 1.83 bits per heavy atom. The lowest BCUT2D eigenvalue weighted by molar-refractivity contribution is -0.157. The first kappa shape index (κ1) is 12.4. The van der Waals surface area contributed by atoms with Gasteiger partial charge in [-0.2, -0.15) is 0 Å². The monoisotopic (exact) mass is 247 g/mol. The fourth-order valence-corrected chi connectivity index (χ4v) is 1.81. The van der Waals surface area contributed by atoms with E-state index in [2.05, 4.69) is 0 Å². The first-order valence-electron chi connectivity index (χ1n) is 5.59. The molecule has 0 spiro atoms. The maximum absolute atomic E-state index is 12.0. The molecule has 1 saturated heterocycles. The molecule has 0 bridgehead atoms. The molecule has 94 valence electrons. The molecule has 1 aromatic carbocycles. The van der Waals surface area contributed by atoms with E-state index in [1.165, 1.54) is 0 Å². The van der Waals surface area contributed by atoms with E-state index in [1.807, 2.05) is 19.1 Å². The number of carbonyl (C=O) groups is 3. The number of imide groups is 1. The standard InChI is InChI=1S/C13H13NO4/c1-9-4-2-3-5-10(9)11(15)6-14-12(16)7-18-8-13(14)17/h2-5H,6-8H2,1H3. The zero-order valence-electron chi connectivity index (χ0n) is 10.0. The summed E-state index contributed by atoms with van der Waals surface area (Å²) in [7, 11) is 0. The van der Waals surface area contributed by atoms with Crippen LogP contribution in [0.1, 0.15) is 15.9 Å². The van der Waals surface area contributed by atoms with Crippen LogP contribution >= 0.6 is 0 Å². The molecule has 0 aromatic heterocycles. The van der Waals surface area contributed by atoms with Crippen molar-refractivity contribution >= 4 is 17.6 Å². The Morgan fingerprint density at radius 1 is 1.22 bits per heavy atom. The van der Waals surface area contributed by atoms with Crippen LogP contribution in [0.2, 0.25) is 0 Å². The van der Waals surface area contributed by atoms with Gasteiger partial charge < -0.3 is 4.74 Å². The van der Waals surface area contributed by atoms with Gasteiger partial charge in [0, 0.05) is 5.56 Å². The van der Waals surface area contributed by atoms with Crippen LogP contribution in [0.15, 0.2) is 24.3 Å². The van der Waals surface area contributed by atoms with E-state index in [-0.39, 0.29) is 25.5 Å². The van der Waals surface area contributed by atoms with E-state index < -0.39 is 11.8 Å². The van der Waals surface area contributed by atoms with Gasteiger partial charge in [-0.05, 0) is 12.5 Å². The maximum atomic E-state index is 12.0. The average molecular weight is 247 g/mol.